The second-order valence-corrected chi connectivity index (χ2v) is 7.32. The molecular formula is C15H23N3OS. The number of anilines is 1. The van der Waals surface area contributed by atoms with Gasteiger partial charge in [-0.25, -0.2) is 4.98 Å². The van der Waals surface area contributed by atoms with Gasteiger partial charge in [0.1, 0.15) is 11.3 Å². The molecule has 0 aliphatic rings. The van der Waals surface area contributed by atoms with Gasteiger partial charge in [-0.05, 0) is 46.1 Å². The molecule has 4 nitrogen and oxygen atoms in total. The van der Waals surface area contributed by atoms with E-state index in [1.54, 1.807) is 0 Å². The lowest BCUT2D eigenvalue weighted by Crippen LogP contribution is -2.23. The predicted octanol–water partition coefficient (Wildman–Crippen LogP) is 3.55. The molecule has 0 aliphatic carbocycles. The minimum atomic E-state index is 0.108. The fraction of sp³-hybridized carbons (Fsp3) is 0.533. The summed E-state index contributed by atoms with van der Waals surface area (Å²) in [5.74, 6) is 1.34. The number of nitrogen functional groups attached to an aromatic ring is 1. The molecule has 2 aromatic rings. The minimum absolute atomic E-state index is 0.108. The van der Waals surface area contributed by atoms with Crippen molar-refractivity contribution in [3.05, 3.63) is 18.2 Å². The number of thioether (sulfide) groups is 1. The number of hydrogen-bond acceptors (Lipinski definition) is 4. The summed E-state index contributed by atoms with van der Waals surface area (Å²) in [4.78, 5) is 4.49. The topological polar surface area (TPSA) is 53.1 Å². The molecule has 2 N–H and O–H groups in total. The molecule has 0 radical (unpaired) electrons. The Morgan fingerprint density at radius 3 is 2.70 bits per heavy atom. The molecule has 1 aromatic heterocycles. The molecule has 0 saturated carbocycles. The summed E-state index contributed by atoms with van der Waals surface area (Å²) < 4.78 is 7.99. The summed E-state index contributed by atoms with van der Waals surface area (Å²) in [6.45, 7) is 9.25. The second kappa shape index (κ2) is 5.56. The Morgan fingerprint density at radius 1 is 1.40 bits per heavy atom. The van der Waals surface area contributed by atoms with Crippen molar-refractivity contribution in [2.45, 2.75) is 45.1 Å². The lowest BCUT2D eigenvalue weighted by atomic mass is 10.2. The first kappa shape index (κ1) is 15.0. The molecule has 0 amide bonds. The van der Waals surface area contributed by atoms with E-state index in [2.05, 4.69) is 29.7 Å². The van der Waals surface area contributed by atoms with Gasteiger partial charge in [-0.3, -0.25) is 0 Å². The Kier molecular flexibility index (Phi) is 4.18. The molecule has 0 spiro atoms. The number of imidazole rings is 1. The van der Waals surface area contributed by atoms with E-state index < -0.39 is 0 Å². The Morgan fingerprint density at radius 2 is 2.10 bits per heavy atom. The van der Waals surface area contributed by atoms with Crippen LogP contribution < -0.4 is 10.5 Å². The van der Waals surface area contributed by atoms with Crippen LogP contribution in [0.15, 0.2) is 18.2 Å². The van der Waals surface area contributed by atoms with E-state index in [1.165, 1.54) is 0 Å². The monoisotopic (exact) mass is 293 g/mol. The molecule has 1 aromatic carbocycles. The largest absolute Gasteiger partial charge is 0.489 e. The van der Waals surface area contributed by atoms with Crippen molar-refractivity contribution in [1.29, 1.82) is 0 Å². The number of nitrogens with zero attached hydrogens (tertiary/aromatic N) is 2. The van der Waals surface area contributed by atoms with Gasteiger partial charge in [-0.1, -0.05) is 6.07 Å². The third-order valence-electron chi connectivity index (χ3n) is 3.23. The summed E-state index contributed by atoms with van der Waals surface area (Å²) in [7, 11) is 0. The van der Waals surface area contributed by atoms with Crippen LogP contribution in [0.4, 0.5) is 5.95 Å². The van der Waals surface area contributed by atoms with Gasteiger partial charge in [0.15, 0.2) is 0 Å². The number of nitrogens with two attached hydrogens (primary N) is 1. The Bertz CT molecular complexity index is 604. The molecular weight excluding hydrogens is 270 g/mol. The number of para-hydroxylation sites is 1. The molecule has 5 heteroatoms. The fourth-order valence-electron chi connectivity index (χ4n) is 2.10. The molecule has 0 fully saturated rings. The standard InChI is InChI=1S/C15H23N3OS/c1-10(2)19-12-8-6-7-11-13(12)17-14(16)18(11)9-15(3,4)20-5/h6-8,10H,9H2,1-5H3,(H2,16,17). The smallest absolute Gasteiger partial charge is 0.201 e. The van der Waals surface area contributed by atoms with Gasteiger partial charge in [0.05, 0.1) is 11.6 Å². The van der Waals surface area contributed by atoms with Crippen molar-refractivity contribution in [2.75, 3.05) is 12.0 Å². The van der Waals surface area contributed by atoms with E-state index in [0.717, 1.165) is 23.3 Å². The van der Waals surface area contributed by atoms with Crippen LogP contribution in [0.3, 0.4) is 0 Å². The predicted molar refractivity (Wildman–Crippen MR) is 87.5 cm³/mol. The third kappa shape index (κ3) is 3.03. The molecule has 0 atom stereocenters. The summed E-state index contributed by atoms with van der Waals surface area (Å²) in [6.07, 6.45) is 2.23. The maximum atomic E-state index is 6.10. The first-order chi connectivity index (χ1) is 9.34. The average molecular weight is 293 g/mol. The number of fused-ring (bicyclic) bond motifs is 1. The van der Waals surface area contributed by atoms with E-state index in [4.69, 9.17) is 10.5 Å². The van der Waals surface area contributed by atoms with Crippen molar-refractivity contribution in [1.82, 2.24) is 9.55 Å². The molecule has 2 rings (SSSR count). The van der Waals surface area contributed by atoms with Crippen LogP contribution >= 0.6 is 11.8 Å². The van der Waals surface area contributed by atoms with Gasteiger partial charge in [0, 0.05) is 11.3 Å². The number of hydrogen-bond donors (Lipinski definition) is 1. The van der Waals surface area contributed by atoms with Gasteiger partial charge in [-0.15, -0.1) is 0 Å². The number of benzene rings is 1. The van der Waals surface area contributed by atoms with Gasteiger partial charge in [0.2, 0.25) is 5.95 Å². The maximum Gasteiger partial charge on any atom is 0.201 e. The maximum absolute atomic E-state index is 6.10. The highest BCUT2D eigenvalue weighted by Gasteiger charge is 2.21. The SMILES string of the molecule is CSC(C)(C)Cn1c(N)nc2c(OC(C)C)cccc21. The van der Waals surface area contributed by atoms with Crippen LogP contribution in [-0.4, -0.2) is 26.7 Å². The van der Waals surface area contributed by atoms with Crippen LogP contribution in [-0.2, 0) is 6.54 Å². The average Bonchev–Trinajstić information content (AvgIpc) is 2.67. The summed E-state index contributed by atoms with van der Waals surface area (Å²) in [6, 6.07) is 5.98. The van der Waals surface area contributed by atoms with E-state index in [-0.39, 0.29) is 10.9 Å². The van der Waals surface area contributed by atoms with Crippen LogP contribution in [0, 0.1) is 0 Å². The highest BCUT2D eigenvalue weighted by Crippen LogP contribution is 2.31. The van der Waals surface area contributed by atoms with E-state index in [1.807, 2.05) is 43.8 Å². The lowest BCUT2D eigenvalue weighted by Gasteiger charge is -2.23. The van der Waals surface area contributed by atoms with Crippen molar-refractivity contribution in [2.24, 2.45) is 0 Å². The fourth-order valence-corrected chi connectivity index (χ4v) is 2.36. The van der Waals surface area contributed by atoms with Crippen LogP contribution in [0.2, 0.25) is 0 Å². The molecule has 0 aliphatic heterocycles. The molecule has 20 heavy (non-hydrogen) atoms. The first-order valence-corrected chi connectivity index (χ1v) is 8.03. The van der Waals surface area contributed by atoms with E-state index >= 15 is 0 Å². The van der Waals surface area contributed by atoms with Gasteiger partial charge in [0.25, 0.3) is 0 Å². The van der Waals surface area contributed by atoms with Crippen molar-refractivity contribution < 1.29 is 4.74 Å². The quantitative estimate of drug-likeness (QED) is 0.916. The normalized spacial score (nSPS) is 12.3. The zero-order valence-electron chi connectivity index (χ0n) is 12.8. The zero-order chi connectivity index (χ0) is 14.9. The number of ether oxygens (including phenoxy) is 1. The minimum Gasteiger partial charge on any atom is -0.489 e. The van der Waals surface area contributed by atoms with E-state index in [0.29, 0.717) is 5.95 Å². The van der Waals surface area contributed by atoms with Crippen molar-refractivity contribution in [3.63, 3.8) is 0 Å². The summed E-state index contributed by atoms with van der Waals surface area (Å²) in [5.41, 5.74) is 7.98. The molecule has 110 valence electrons. The highest BCUT2D eigenvalue weighted by molar-refractivity contribution is 7.99. The lowest BCUT2D eigenvalue weighted by molar-refractivity contribution is 0.245. The summed E-state index contributed by atoms with van der Waals surface area (Å²) in [5, 5.41) is 0. The molecule has 0 bridgehead atoms. The van der Waals surface area contributed by atoms with E-state index in [9.17, 15) is 0 Å². The van der Waals surface area contributed by atoms with Crippen LogP contribution in [0.5, 0.6) is 5.75 Å². The van der Waals surface area contributed by atoms with Gasteiger partial charge < -0.3 is 15.0 Å². The number of aromatic nitrogens is 2. The zero-order valence-corrected chi connectivity index (χ0v) is 13.6. The Labute approximate surface area is 124 Å². The first-order valence-electron chi connectivity index (χ1n) is 6.80. The third-order valence-corrected chi connectivity index (χ3v) is 4.46. The molecule has 1 heterocycles. The molecule has 0 saturated heterocycles. The van der Waals surface area contributed by atoms with Gasteiger partial charge in [-0.2, -0.15) is 11.8 Å². The van der Waals surface area contributed by atoms with Gasteiger partial charge >= 0.3 is 0 Å². The van der Waals surface area contributed by atoms with Crippen molar-refractivity contribution >= 4 is 28.7 Å². The molecule has 0 unspecified atom stereocenters. The van der Waals surface area contributed by atoms with Crippen molar-refractivity contribution in [3.8, 4) is 5.75 Å². The Balaban J connectivity index is 2.49. The second-order valence-electron chi connectivity index (χ2n) is 5.81. The van der Waals surface area contributed by atoms with Crippen LogP contribution in [0.25, 0.3) is 11.0 Å². The number of rotatable bonds is 5. The Hall–Kier alpha value is -1.36. The van der Waals surface area contributed by atoms with Crippen LogP contribution in [0.1, 0.15) is 27.7 Å². The highest BCUT2D eigenvalue weighted by atomic mass is 32.2. The summed E-state index contributed by atoms with van der Waals surface area (Å²) >= 11 is 1.82.